The number of carbonyl (C=O) groups is 1. The molecular weight excluding hydrogens is 212 g/mol. The number of hydrogen-bond acceptors (Lipinski definition) is 2. The van der Waals surface area contributed by atoms with Gasteiger partial charge in [0.25, 0.3) is 0 Å². The van der Waals surface area contributed by atoms with E-state index in [1.807, 2.05) is 13.0 Å². The molecule has 2 rings (SSSR count). The Morgan fingerprint density at radius 1 is 1.47 bits per heavy atom. The molecule has 2 unspecified atom stereocenters. The summed E-state index contributed by atoms with van der Waals surface area (Å²) in [7, 11) is 0. The first-order chi connectivity index (χ1) is 8.08. The number of carbonyl (C=O) groups excluding carboxylic acids is 1. The average molecular weight is 232 g/mol. The van der Waals surface area contributed by atoms with Gasteiger partial charge in [0, 0.05) is 5.92 Å². The summed E-state index contributed by atoms with van der Waals surface area (Å²) in [4.78, 5) is 11.7. The van der Waals surface area contributed by atoms with E-state index >= 15 is 0 Å². The molecule has 1 aliphatic carbocycles. The van der Waals surface area contributed by atoms with E-state index in [4.69, 9.17) is 4.74 Å². The van der Waals surface area contributed by atoms with E-state index in [-0.39, 0.29) is 17.8 Å². The second-order valence-corrected chi connectivity index (χ2v) is 5.16. The van der Waals surface area contributed by atoms with E-state index in [1.54, 1.807) is 0 Å². The molecule has 0 N–H and O–H groups in total. The molecule has 92 valence electrons. The molecule has 2 bridgehead atoms. The first kappa shape index (κ1) is 12.2. The van der Waals surface area contributed by atoms with Gasteiger partial charge < -0.3 is 4.74 Å². The molecule has 2 atom stereocenters. The molecule has 0 aromatic carbocycles. The predicted octanol–water partition coefficient (Wildman–Crippen LogP) is 3.76. The normalized spacial score (nSPS) is 32.2. The van der Waals surface area contributed by atoms with Gasteiger partial charge in [0.05, 0.1) is 5.92 Å². The SMILES string of the molecule is C=C(C)C1CC/C(C)=C/CCC2C=C1OC2=O. The number of rotatable bonds is 1. The van der Waals surface area contributed by atoms with Crippen LogP contribution in [0.25, 0.3) is 0 Å². The fourth-order valence-corrected chi connectivity index (χ4v) is 2.50. The maximum atomic E-state index is 11.7. The molecule has 0 radical (unpaired) electrons. The van der Waals surface area contributed by atoms with Gasteiger partial charge in [-0.1, -0.05) is 23.8 Å². The van der Waals surface area contributed by atoms with Gasteiger partial charge in [0.15, 0.2) is 0 Å². The summed E-state index contributed by atoms with van der Waals surface area (Å²) in [6.07, 6.45) is 8.13. The van der Waals surface area contributed by atoms with Crippen molar-refractivity contribution in [3.05, 3.63) is 35.6 Å². The van der Waals surface area contributed by atoms with Gasteiger partial charge in [0.1, 0.15) is 5.76 Å². The fourth-order valence-electron chi connectivity index (χ4n) is 2.50. The molecule has 0 saturated carbocycles. The van der Waals surface area contributed by atoms with Crippen molar-refractivity contribution in [3.63, 3.8) is 0 Å². The molecule has 0 aromatic rings. The largest absolute Gasteiger partial charge is 0.430 e. The average Bonchev–Trinajstić information content (AvgIpc) is 2.59. The monoisotopic (exact) mass is 232 g/mol. The second kappa shape index (κ2) is 4.91. The molecule has 0 fully saturated rings. The van der Waals surface area contributed by atoms with Crippen molar-refractivity contribution < 1.29 is 9.53 Å². The lowest BCUT2D eigenvalue weighted by atomic mass is 9.89. The van der Waals surface area contributed by atoms with Crippen molar-refractivity contribution in [1.29, 1.82) is 0 Å². The summed E-state index contributed by atoms with van der Waals surface area (Å²) < 4.78 is 5.40. The van der Waals surface area contributed by atoms with E-state index in [2.05, 4.69) is 19.6 Å². The van der Waals surface area contributed by atoms with E-state index in [9.17, 15) is 4.79 Å². The van der Waals surface area contributed by atoms with Crippen LogP contribution in [0.3, 0.4) is 0 Å². The summed E-state index contributed by atoms with van der Waals surface area (Å²) in [5, 5.41) is 0. The third-order valence-corrected chi connectivity index (χ3v) is 3.62. The lowest BCUT2D eigenvalue weighted by molar-refractivity contribution is -0.140. The van der Waals surface area contributed by atoms with Gasteiger partial charge >= 0.3 is 5.97 Å². The van der Waals surface area contributed by atoms with Crippen molar-refractivity contribution in [2.24, 2.45) is 11.8 Å². The lowest BCUT2D eigenvalue weighted by Crippen LogP contribution is -2.10. The summed E-state index contributed by atoms with van der Waals surface area (Å²) >= 11 is 0. The van der Waals surface area contributed by atoms with Crippen molar-refractivity contribution in [3.8, 4) is 0 Å². The van der Waals surface area contributed by atoms with Crippen LogP contribution in [-0.2, 0) is 9.53 Å². The second-order valence-electron chi connectivity index (χ2n) is 5.16. The maximum absolute atomic E-state index is 11.7. The van der Waals surface area contributed by atoms with E-state index in [1.165, 1.54) is 5.57 Å². The van der Waals surface area contributed by atoms with Crippen molar-refractivity contribution in [1.82, 2.24) is 0 Å². The van der Waals surface area contributed by atoms with Crippen LogP contribution in [0.5, 0.6) is 0 Å². The Morgan fingerprint density at radius 3 is 2.94 bits per heavy atom. The zero-order valence-electron chi connectivity index (χ0n) is 10.7. The fraction of sp³-hybridized carbons (Fsp3) is 0.533. The molecular formula is C15H20O2. The van der Waals surface area contributed by atoms with Gasteiger partial charge in [-0.2, -0.15) is 0 Å². The highest BCUT2D eigenvalue weighted by atomic mass is 16.5. The van der Waals surface area contributed by atoms with E-state index in [0.717, 1.165) is 37.0 Å². The molecule has 1 heterocycles. The molecule has 2 aliphatic rings. The van der Waals surface area contributed by atoms with Gasteiger partial charge in [-0.3, -0.25) is 4.79 Å². The van der Waals surface area contributed by atoms with Crippen LogP contribution >= 0.6 is 0 Å². The lowest BCUT2D eigenvalue weighted by Gasteiger charge is -2.17. The summed E-state index contributed by atoms with van der Waals surface area (Å²) in [6, 6.07) is 0. The number of fused-ring (bicyclic) bond motifs is 1. The van der Waals surface area contributed by atoms with Crippen LogP contribution in [0.15, 0.2) is 35.6 Å². The summed E-state index contributed by atoms with van der Waals surface area (Å²) in [5.74, 6) is 0.904. The molecule has 1 aliphatic heterocycles. The van der Waals surface area contributed by atoms with Crippen molar-refractivity contribution in [2.45, 2.75) is 39.5 Å². The van der Waals surface area contributed by atoms with Crippen LogP contribution in [0.1, 0.15) is 39.5 Å². The van der Waals surface area contributed by atoms with Gasteiger partial charge in [-0.15, -0.1) is 0 Å². The van der Waals surface area contributed by atoms with E-state index in [0.29, 0.717) is 0 Å². The highest BCUT2D eigenvalue weighted by molar-refractivity contribution is 5.78. The Morgan fingerprint density at radius 2 is 2.24 bits per heavy atom. The Kier molecular flexibility index (Phi) is 3.51. The zero-order valence-corrected chi connectivity index (χ0v) is 10.7. The third kappa shape index (κ3) is 2.68. The van der Waals surface area contributed by atoms with Crippen LogP contribution in [0.4, 0.5) is 0 Å². The Balaban J connectivity index is 2.24. The molecule has 0 amide bonds. The molecule has 0 spiro atoms. The smallest absolute Gasteiger partial charge is 0.318 e. The van der Waals surface area contributed by atoms with Crippen LogP contribution in [0, 0.1) is 11.8 Å². The van der Waals surface area contributed by atoms with Crippen molar-refractivity contribution >= 4 is 5.97 Å². The molecule has 2 nitrogen and oxygen atoms in total. The quantitative estimate of drug-likeness (QED) is 0.508. The number of hydrogen-bond donors (Lipinski definition) is 0. The third-order valence-electron chi connectivity index (χ3n) is 3.62. The van der Waals surface area contributed by atoms with Gasteiger partial charge in [-0.25, -0.2) is 0 Å². The first-order valence-electron chi connectivity index (χ1n) is 6.32. The standard InChI is InChI=1S/C15H20O2/c1-10(2)13-8-7-11(3)5-4-6-12-9-14(13)17-15(12)16/h5,9,12-13H,1,4,6-8H2,2-3H3/b11-5+. The van der Waals surface area contributed by atoms with Crippen molar-refractivity contribution in [2.75, 3.05) is 0 Å². The van der Waals surface area contributed by atoms with Crippen LogP contribution < -0.4 is 0 Å². The zero-order chi connectivity index (χ0) is 12.4. The number of ether oxygens (including phenoxy) is 1. The summed E-state index contributed by atoms with van der Waals surface area (Å²) in [5.41, 5.74) is 2.49. The van der Waals surface area contributed by atoms with Crippen LogP contribution in [-0.4, -0.2) is 5.97 Å². The van der Waals surface area contributed by atoms with Gasteiger partial charge in [-0.05, 0) is 45.6 Å². The van der Waals surface area contributed by atoms with Crippen LogP contribution in [0.2, 0.25) is 0 Å². The minimum absolute atomic E-state index is 0.0472. The number of esters is 1. The molecule has 17 heavy (non-hydrogen) atoms. The Labute approximate surface area is 103 Å². The number of allylic oxidation sites excluding steroid dienone is 3. The van der Waals surface area contributed by atoms with E-state index < -0.39 is 0 Å². The predicted molar refractivity (Wildman–Crippen MR) is 68.2 cm³/mol. The molecule has 0 saturated heterocycles. The Hall–Kier alpha value is -1.31. The first-order valence-corrected chi connectivity index (χ1v) is 6.32. The minimum atomic E-state index is -0.0841. The minimum Gasteiger partial charge on any atom is -0.430 e. The topological polar surface area (TPSA) is 26.3 Å². The maximum Gasteiger partial charge on any atom is 0.318 e. The molecule has 0 aromatic heterocycles. The van der Waals surface area contributed by atoms with Gasteiger partial charge in [0.2, 0.25) is 0 Å². The highest BCUT2D eigenvalue weighted by Crippen LogP contribution is 2.34. The molecule has 2 heteroatoms. The Bertz CT molecular complexity index is 401. The highest BCUT2D eigenvalue weighted by Gasteiger charge is 2.31. The summed E-state index contributed by atoms with van der Waals surface area (Å²) in [6.45, 7) is 8.19.